The molecule has 3 rings (SSSR count). The van der Waals surface area contributed by atoms with Crippen LogP contribution >= 0.6 is 0 Å². The zero-order chi connectivity index (χ0) is 14.8. The number of aromatic nitrogens is 4. The molecule has 1 atom stereocenters. The first-order chi connectivity index (χ1) is 10.1. The van der Waals surface area contributed by atoms with Gasteiger partial charge in [0.05, 0.1) is 41.5 Å². The number of hydrogen-bond donors (Lipinski definition) is 1. The maximum Gasteiger partial charge on any atom is 0.306 e. The van der Waals surface area contributed by atoms with Gasteiger partial charge in [-0.2, -0.15) is 5.10 Å². The van der Waals surface area contributed by atoms with Crippen LogP contribution in [0.2, 0.25) is 0 Å². The highest BCUT2D eigenvalue weighted by atomic mass is 16.6. The molecule has 0 amide bonds. The van der Waals surface area contributed by atoms with Crippen LogP contribution in [0.25, 0.3) is 11.0 Å². The van der Waals surface area contributed by atoms with Crippen molar-refractivity contribution >= 4 is 16.7 Å². The van der Waals surface area contributed by atoms with Crippen molar-refractivity contribution in [2.75, 3.05) is 0 Å². The van der Waals surface area contributed by atoms with Crippen molar-refractivity contribution in [1.29, 1.82) is 0 Å². The van der Waals surface area contributed by atoms with E-state index in [1.54, 1.807) is 6.33 Å². The van der Waals surface area contributed by atoms with Gasteiger partial charge in [-0.25, -0.2) is 4.98 Å². The molecule has 0 saturated heterocycles. The fourth-order valence-electron chi connectivity index (χ4n) is 2.20. The predicted molar refractivity (Wildman–Crippen MR) is 74.6 cm³/mol. The number of aliphatic hydroxyl groups excluding tert-OH is 1. The van der Waals surface area contributed by atoms with Gasteiger partial charge in [0.25, 0.3) is 0 Å². The molecule has 0 aliphatic heterocycles. The fourth-order valence-corrected chi connectivity index (χ4v) is 2.20. The number of para-hydroxylation sites is 2. The van der Waals surface area contributed by atoms with Crippen molar-refractivity contribution in [3.05, 3.63) is 53.1 Å². The number of hydrogen-bond acceptors (Lipinski definition) is 5. The minimum absolute atomic E-state index is 0.0877. The summed E-state index contributed by atoms with van der Waals surface area (Å²) in [6.45, 7) is 0.522. The molecule has 8 heteroatoms. The van der Waals surface area contributed by atoms with Crippen LogP contribution in [0.3, 0.4) is 0 Å². The van der Waals surface area contributed by atoms with Crippen LogP contribution in [-0.4, -0.2) is 35.5 Å². The molecule has 0 bridgehead atoms. The Morgan fingerprint density at radius 3 is 2.90 bits per heavy atom. The van der Waals surface area contributed by atoms with Crippen LogP contribution in [0.1, 0.15) is 0 Å². The van der Waals surface area contributed by atoms with Gasteiger partial charge in [-0.15, -0.1) is 0 Å². The molecule has 21 heavy (non-hydrogen) atoms. The van der Waals surface area contributed by atoms with E-state index in [4.69, 9.17) is 0 Å². The monoisotopic (exact) mass is 287 g/mol. The SMILES string of the molecule is O=[N+]([O-])c1cnn(CC(O)Cn2cnc3ccccc32)c1. The molecule has 2 heterocycles. The molecule has 0 spiro atoms. The molecule has 108 valence electrons. The summed E-state index contributed by atoms with van der Waals surface area (Å²) in [5.41, 5.74) is 1.71. The third-order valence-electron chi connectivity index (χ3n) is 3.16. The van der Waals surface area contributed by atoms with Gasteiger partial charge in [0, 0.05) is 0 Å². The predicted octanol–water partition coefficient (Wildman–Crippen LogP) is 1.20. The highest BCUT2D eigenvalue weighted by Crippen LogP contribution is 2.13. The smallest absolute Gasteiger partial charge is 0.306 e. The maximum absolute atomic E-state index is 10.6. The Morgan fingerprint density at radius 2 is 2.14 bits per heavy atom. The largest absolute Gasteiger partial charge is 0.389 e. The molecule has 0 aliphatic rings. The van der Waals surface area contributed by atoms with E-state index in [0.717, 1.165) is 11.0 Å². The standard InChI is InChI=1S/C13H13N5O3/c19-11(8-17-6-10(5-15-17)18(20)21)7-16-9-14-12-3-1-2-4-13(12)16/h1-6,9,11,19H,7-8H2. The Kier molecular flexibility index (Phi) is 3.36. The Labute approximate surface area is 119 Å². The molecule has 0 saturated carbocycles. The van der Waals surface area contributed by atoms with Gasteiger partial charge in [0.15, 0.2) is 0 Å². The van der Waals surface area contributed by atoms with Gasteiger partial charge < -0.3 is 9.67 Å². The second-order valence-electron chi connectivity index (χ2n) is 4.72. The third-order valence-corrected chi connectivity index (χ3v) is 3.16. The summed E-state index contributed by atoms with van der Waals surface area (Å²) in [6.07, 6.45) is 3.41. The molecular weight excluding hydrogens is 274 g/mol. The van der Waals surface area contributed by atoms with E-state index < -0.39 is 11.0 Å². The highest BCUT2D eigenvalue weighted by molar-refractivity contribution is 5.74. The van der Waals surface area contributed by atoms with Crippen LogP contribution in [0.4, 0.5) is 5.69 Å². The Hall–Kier alpha value is -2.74. The third kappa shape index (κ3) is 2.75. The first kappa shape index (κ1) is 13.3. The van der Waals surface area contributed by atoms with Crippen LogP contribution < -0.4 is 0 Å². The summed E-state index contributed by atoms with van der Waals surface area (Å²) in [4.78, 5) is 14.3. The first-order valence-corrected chi connectivity index (χ1v) is 6.38. The van der Waals surface area contributed by atoms with Crippen LogP contribution in [0.15, 0.2) is 43.0 Å². The number of rotatable bonds is 5. The molecule has 8 nitrogen and oxygen atoms in total. The van der Waals surface area contributed by atoms with E-state index >= 15 is 0 Å². The van der Waals surface area contributed by atoms with E-state index in [-0.39, 0.29) is 12.2 Å². The topological polar surface area (TPSA) is 99.0 Å². The number of aliphatic hydroxyl groups is 1. The Balaban J connectivity index is 1.71. The lowest BCUT2D eigenvalue weighted by molar-refractivity contribution is -0.385. The lowest BCUT2D eigenvalue weighted by atomic mass is 10.3. The summed E-state index contributed by atoms with van der Waals surface area (Å²) in [7, 11) is 0. The average molecular weight is 287 g/mol. The van der Waals surface area contributed by atoms with E-state index in [1.807, 2.05) is 28.8 Å². The van der Waals surface area contributed by atoms with Crippen molar-refractivity contribution in [2.45, 2.75) is 19.2 Å². The number of nitro groups is 1. The summed E-state index contributed by atoms with van der Waals surface area (Å²) >= 11 is 0. The Morgan fingerprint density at radius 1 is 1.33 bits per heavy atom. The van der Waals surface area contributed by atoms with Gasteiger partial charge in [-0.3, -0.25) is 14.8 Å². The number of imidazole rings is 1. The normalized spacial score (nSPS) is 12.6. The quantitative estimate of drug-likeness (QED) is 0.561. The molecule has 2 aromatic heterocycles. The molecule has 0 fully saturated rings. The van der Waals surface area contributed by atoms with Gasteiger partial charge in [-0.05, 0) is 12.1 Å². The van der Waals surface area contributed by atoms with E-state index in [2.05, 4.69) is 10.1 Å². The minimum Gasteiger partial charge on any atom is -0.389 e. The van der Waals surface area contributed by atoms with E-state index in [0.29, 0.717) is 6.54 Å². The fraction of sp³-hybridized carbons (Fsp3) is 0.231. The van der Waals surface area contributed by atoms with Crippen LogP contribution in [0.5, 0.6) is 0 Å². The summed E-state index contributed by atoms with van der Waals surface area (Å²) in [5.74, 6) is 0. The van der Waals surface area contributed by atoms with Crippen LogP contribution in [-0.2, 0) is 13.1 Å². The molecule has 1 N–H and O–H groups in total. The zero-order valence-electron chi connectivity index (χ0n) is 11.0. The lowest BCUT2D eigenvalue weighted by Gasteiger charge is -2.11. The van der Waals surface area contributed by atoms with Crippen molar-refractivity contribution < 1.29 is 10.0 Å². The second kappa shape index (κ2) is 5.33. The molecule has 0 radical (unpaired) electrons. The van der Waals surface area contributed by atoms with Crippen molar-refractivity contribution in [3.8, 4) is 0 Å². The van der Waals surface area contributed by atoms with Gasteiger partial charge in [0.1, 0.15) is 12.4 Å². The van der Waals surface area contributed by atoms with Crippen molar-refractivity contribution in [2.24, 2.45) is 0 Å². The summed E-state index contributed by atoms with van der Waals surface area (Å²) < 4.78 is 3.21. The number of benzene rings is 1. The highest BCUT2D eigenvalue weighted by Gasteiger charge is 2.13. The summed E-state index contributed by atoms with van der Waals surface area (Å²) in [5, 5.41) is 24.5. The van der Waals surface area contributed by atoms with E-state index in [9.17, 15) is 15.2 Å². The molecule has 0 aliphatic carbocycles. The second-order valence-corrected chi connectivity index (χ2v) is 4.72. The maximum atomic E-state index is 10.6. The molecule has 1 aromatic carbocycles. The van der Waals surface area contributed by atoms with Gasteiger partial charge in [-0.1, -0.05) is 12.1 Å². The molecule has 1 unspecified atom stereocenters. The van der Waals surface area contributed by atoms with E-state index in [1.165, 1.54) is 17.1 Å². The molecular formula is C13H13N5O3. The average Bonchev–Trinajstić information content (AvgIpc) is 3.07. The lowest BCUT2D eigenvalue weighted by Crippen LogP contribution is -2.22. The van der Waals surface area contributed by atoms with Crippen LogP contribution in [0, 0.1) is 10.1 Å². The van der Waals surface area contributed by atoms with Crippen molar-refractivity contribution in [1.82, 2.24) is 19.3 Å². The van der Waals surface area contributed by atoms with Crippen molar-refractivity contribution in [3.63, 3.8) is 0 Å². The molecule has 3 aromatic rings. The first-order valence-electron chi connectivity index (χ1n) is 6.38. The van der Waals surface area contributed by atoms with Gasteiger partial charge >= 0.3 is 5.69 Å². The Bertz CT molecular complexity index is 779. The number of nitrogens with zero attached hydrogens (tertiary/aromatic N) is 5. The summed E-state index contributed by atoms with van der Waals surface area (Å²) in [6, 6.07) is 7.63. The minimum atomic E-state index is -0.720. The number of fused-ring (bicyclic) bond motifs is 1. The zero-order valence-corrected chi connectivity index (χ0v) is 11.0. The van der Waals surface area contributed by atoms with Gasteiger partial charge in [0.2, 0.25) is 0 Å².